The fourth-order valence-electron chi connectivity index (χ4n) is 2.97. The first-order valence-electron chi connectivity index (χ1n) is 8.67. The number of anilines is 1. The van der Waals surface area contributed by atoms with Crippen molar-refractivity contribution in [3.8, 4) is 17.0 Å². The van der Waals surface area contributed by atoms with Gasteiger partial charge in [0.25, 0.3) is 5.91 Å². The van der Waals surface area contributed by atoms with Gasteiger partial charge in [0, 0.05) is 33.6 Å². The molecule has 1 amide bonds. The van der Waals surface area contributed by atoms with Gasteiger partial charge in [-0.1, -0.05) is 23.2 Å². The summed E-state index contributed by atoms with van der Waals surface area (Å²) in [6.07, 6.45) is 0. The minimum atomic E-state index is -0.179. The Kier molecular flexibility index (Phi) is 5.45. The molecule has 0 unspecified atom stereocenters. The van der Waals surface area contributed by atoms with Gasteiger partial charge in [-0.3, -0.25) is 9.79 Å². The van der Waals surface area contributed by atoms with Crippen LogP contribution in [0.5, 0.6) is 5.75 Å². The summed E-state index contributed by atoms with van der Waals surface area (Å²) in [7, 11) is 1.71. The van der Waals surface area contributed by atoms with Gasteiger partial charge >= 0.3 is 0 Å². The standard InChI is InChI=1S/C20H16Cl2N4O2S/c1-11(14-8-13(21)4-5-15(14)22)25-26-17(10-29-20(26)23-2)12-3-6-18-16(7-12)24-19(27)9-28-18/h3-8,10H,9H2,1-2H3,(H,24,27). The van der Waals surface area contributed by atoms with E-state index in [0.29, 0.717) is 27.2 Å². The first kappa shape index (κ1) is 19.7. The number of hydrogen-bond donors (Lipinski definition) is 1. The fourth-order valence-corrected chi connectivity index (χ4v) is 4.19. The van der Waals surface area contributed by atoms with Gasteiger partial charge < -0.3 is 10.1 Å². The number of fused-ring (bicyclic) bond motifs is 1. The number of amides is 1. The third kappa shape index (κ3) is 3.94. The second-order valence-electron chi connectivity index (χ2n) is 6.30. The smallest absolute Gasteiger partial charge is 0.262 e. The summed E-state index contributed by atoms with van der Waals surface area (Å²) in [6.45, 7) is 1.89. The molecular formula is C20H16Cl2N4O2S. The van der Waals surface area contributed by atoms with Crippen molar-refractivity contribution in [3.63, 3.8) is 0 Å². The lowest BCUT2D eigenvalue weighted by atomic mass is 10.1. The summed E-state index contributed by atoms with van der Waals surface area (Å²) in [6, 6.07) is 10.9. The number of thiazole rings is 1. The average Bonchev–Trinajstić information content (AvgIpc) is 3.11. The first-order chi connectivity index (χ1) is 14.0. The number of benzene rings is 2. The van der Waals surface area contributed by atoms with Crippen LogP contribution in [0, 0.1) is 0 Å². The van der Waals surface area contributed by atoms with E-state index in [1.807, 2.05) is 30.5 Å². The van der Waals surface area contributed by atoms with E-state index in [1.165, 1.54) is 11.3 Å². The van der Waals surface area contributed by atoms with Crippen molar-refractivity contribution in [1.82, 2.24) is 4.68 Å². The van der Waals surface area contributed by atoms with E-state index in [0.717, 1.165) is 21.6 Å². The molecule has 2 heterocycles. The quantitative estimate of drug-likeness (QED) is 0.594. The highest BCUT2D eigenvalue weighted by Crippen LogP contribution is 2.33. The van der Waals surface area contributed by atoms with Gasteiger partial charge in [-0.25, -0.2) is 4.68 Å². The van der Waals surface area contributed by atoms with Gasteiger partial charge in [0.05, 0.1) is 17.1 Å². The number of ether oxygens (including phenoxy) is 1. The van der Waals surface area contributed by atoms with E-state index in [4.69, 9.17) is 33.0 Å². The van der Waals surface area contributed by atoms with E-state index in [-0.39, 0.29) is 12.5 Å². The summed E-state index contributed by atoms with van der Waals surface area (Å²) in [5, 5.41) is 10.7. The van der Waals surface area contributed by atoms with Gasteiger partial charge in [0.15, 0.2) is 6.61 Å². The summed E-state index contributed by atoms with van der Waals surface area (Å²) in [4.78, 5) is 16.7. The van der Waals surface area contributed by atoms with Crippen LogP contribution in [0.2, 0.25) is 10.0 Å². The minimum absolute atomic E-state index is 0.0214. The predicted octanol–water partition coefficient (Wildman–Crippen LogP) is 4.66. The van der Waals surface area contributed by atoms with Gasteiger partial charge in [0.1, 0.15) is 5.75 Å². The van der Waals surface area contributed by atoms with Crippen molar-refractivity contribution in [3.05, 3.63) is 62.2 Å². The Labute approximate surface area is 181 Å². The molecule has 0 saturated carbocycles. The molecule has 3 aromatic rings. The molecule has 0 radical (unpaired) electrons. The topological polar surface area (TPSA) is 68.0 Å². The molecule has 6 nitrogen and oxygen atoms in total. The van der Waals surface area contributed by atoms with Crippen molar-refractivity contribution in [2.45, 2.75) is 6.92 Å². The third-order valence-electron chi connectivity index (χ3n) is 4.35. The number of rotatable bonds is 3. The largest absolute Gasteiger partial charge is 0.482 e. The van der Waals surface area contributed by atoms with Crippen molar-refractivity contribution < 1.29 is 9.53 Å². The van der Waals surface area contributed by atoms with Crippen LogP contribution in [0.15, 0.2) is 51.9 Å². The molecule has 0 bridgehead atoms. The number of hydrogen-bond acceptors (Lipinski definition) is 5. The molecule has 29 heavy (non-hydrogen) atoms. The van der Waals surface area contributed by atoms with E-state index >= 15 is 0 Å². The summed E-state index contributed by atoms with van der Waals surface area (Å²) >= 11 is 13.9. The first-order valence-corrected chi connectivity index (χ1v) is 10.3. The van der Waals surface area contributed by atoms with Crippen LogP contribution in [0.4, 0.5) is 5.69 Å². The molecule has 4 rings (SSSR count). The predicted molar refractivity (Wildman–Crippen MR) is 117 cm³/mol. The number of halogens is 2. The van der Waals surface area contributed by atoms with Gasteiger partial charge in [-0.2, -0.15) is 5.10 Å². The third-order valence-corrected chi connectivity index (χ3v) is 5.83. The van der Waals surface area contributed by atoms with E-state index < -0.39 is 0 Å². The number of aromatic nitrogens is 1. The maximum Gasteiger partial charge on any atom is 0.262 e. The van der Waals surface area contributed by atoms with E-state index in [9.17, 15) is 4.79 Å². The summed E-state index contributed by atoms with van der Waals surface area (Å²) in [5.41, 5.74) is 3.77. The highest BCUT2D eigenvalue weighted by molar-refractivity contribution is 7.07. The van der Waals surface area contributed by atoms with E-state index in [1.54, 1.807) is 29.9 Å². The van der Waals surface area contributed by atoms with Crippen LogP contribution in [-0.4, -0.2) is 29.9 Å². The number of nitrogens with one attached hydrogen (secondary N) is 1. The molecule has 2 aromatic carbocycles. The zero-order valence-corrected chi connectivity index (χ0v) is 17.9. The second-order valence-corrected chi connectivity index (χ2v) is 7.98. The van der Waals surface area contributed by atoms with Crippen LogP contribution < -0.4 is 14.9 Å². The Balaban J connectivity index is 1.82. The lowest BCUT2D eigenvalue weighted by Gasteiger charge is -2.18. The molecule has 1 aromatic heterocycles. The fraction of sp³-hybridized carbons (Fsp3) is 0.150. The van der Waals surface area contributed by atoms with Crippen LogP contribution >= 0.6 is 34.5 Å². The van der Waals surface area contributed by atoms with Crippen LogP contribution in [0.25, 0.3) is 11.3 Å². The molecule has 148 valence electrons. The molecule has 0 spiro atoms. The van der Waals surface area contributed by atoms with Crippen molar-refractivity contribution in [2.75, 3.05) is 19.0 Å². The lowest BCUT2D eigenvalue weighted by Crippen LogP contribution is -2.25. The molecule has 0 saturated heterocycles. The monoisotopic (exact) mass is 446 g/mol. The average molecular weight is 447 g/mol. The SMILES string of the molecule is CN=c1scc(-c2ccc3c(c2)NC(=O)CO3)n1N=C(C)c1cc(Cl)ccc1Cl. The Morgan fingerprint density at radius 3 is 2.86 bits per heavy atom. The Bertz CT molecular complexity index is 1210. The van der Waals surface area contributed by atoms with Crippen LogP contribution in [0.3, 0.4) is 0 Å². The molecular weight excluding hydrogens is 431 g/mol. The zero-order valence-electron chi connectivity index (χ0n) is 15.6. The molecule has 1 aliphatic heterocycles. The number of nitrogens with zero attached hydrogens (tertiary/aromatic N) is 3. The molecule has 1 N–H and O–H groups in total. The van der Waals surface area contributed by atoms with Crippen molar-refractivity contribution >= 4 is 51.8 Å². The maximum atomic E-state index is 11.7. The second kappa shape index (κ2) is 8.02. The molecule has 0 atom stereocenters. The highest BCUT2D eigenvalue weighted by Gasteiger charge is 2.18. The normalized spacial score (nSPS) is 14.4. The molecule has 1 aliphatic rings. The Hall–Kier alpha value is -2.61. The van der Waals surface area contributed by atoms with Crippen molar-refractivity contribution in [1.29, 1.82) is 0 Å². The van der Waals surface area contributed by atoms with Gasteiger partial charge in [-0.05, 0) is 43.3 Å². The maximum absolute atomic E-state index is 11.7. The zero-order chi connectivity index (χ0) is 20.5. The number of carbonyl (C=O) groups excluding carboxylic acids is 1. The Morgan fingerprint density at radius 2 is 2.07 bits per heavy atom. The van der Waals surface area contributed by atoms with Gasteiger partial charge in [-0.15, -0.1) is 11.3 Å². The van der Waals surface area contributed by atoms with Crippen LogP contribution in [0.1, 0.15) is 12.5 Å². The summed E-state index contributed by atoms with van der Waals surface area (Å²) < 4.78 is 7.19. The Morgan fingerprint density at radius 1 is 1.24 bits per heavy atom. The van der Waals surface area contributed by atoms with Crippen molar-refractivity contribution in [2.24, 2.45) is 10.1 Å². The minimum Gasteiger partial charge on any atom is -0.482 e. The summed E-state index contributed by atoms with van der Waals surface area (Å²) in [5.74, 6) is 0.461. The number of carbonyl (C=O) groups is 1. The highest BCUT2D eigenvalue weighted by atomic mass is 35.5. The van der Waals surface area contributed by atoms with Crippen LogP contribution in [-0.2, 0) is 4.79 Å². The van der Waals surface area contributed by atoms with Gasteiger partial charge in [0.2, 0.25) is 4.80 Å². The molecule has 0 aliphatic carbocycles. The molecule has 9 heteroatoms. The lowest BCUT2D eigenvalue weighted by molar-refractivity contribution is -0.118. The van der Waals surface area contributed by atoms with E-state index in [2.05, 4.69) is 10.3 Å². The molecule has 0 fully saturated rings.